The Morgan fingerprint density at radius 3 is 3.00 bits per heavy atom. The molecule has 0 spiro atoms. The number of nitrogens with zero attached hydrogens (tertiary/aromatic N) is 4. The van der Waals surface area contributed by atoms with Crippen molar-refractivity contribution in [3.63, 3.8) is 0 Å². The van der Waals surface area contributed by atoms with Gasteiger partial charge in [0.2, 0.25) is 5.91 Å². The number of amides is 1. The van der Waals surface area contributed by atoms with Crippen molar-refractivity contribution < 1.29 is 4.79 Å². The average molecular weight is 353 g/mol. The second-order valence-corrected chi connectivity index (χ2v) is 6.89. The zero-order valence-electron chi connectivity index (χ0n) is 15.3. The highest BCUT2D eigenvalue weighted by Crippen LogP contribution is 2.17. The summed E-state index contributed by atoms with van der Waals surface area (Å²) in [6.45, 7) is 3.36. The molecule has 1 saturated heterocycles. The molecule has 26 heavy (non-hydrogen) atoms. The molecule has 1 atom stereocenters. The van der Waals surface area contributed by atoms with Gasteiger partial charge in [-0.15, -0.1) is 0 Å². The van der Waals surface area contributed by atoms with Gasteiger partial charge < -0.3 is 15.1 Å². The molecule has 0 aliphatic carbocycles. The molecule has 0 saturated carbocycles. The number of nitrogens with one attached hydrogen (secondary N) is 1. The summed E-state index contributed by atoms with van der Waals surface area (Å²) in [4.78, 5) is 25.3. The number of carbonyl (C=O) groups excluding carboxylic acids is 1. The molecule has 2 aromatic rings. The van der Waals surface area contributed by atoms with Crippen LogP contribution in [-0.4, -0.2) is 53.5 Å². The van der Waals surface area contributed by atoms with E-state index >= 15 is 0 Å². The number of anilines is 1. The van der Waals surface area contributed by atoms with Crippen LogP contribution in [0.15, 0.2) is 48.9 Å². The van der Waals surface area contributed by atoms with Gasteiger partial charge >= 0.3 is 0 Å². The lowest BCUT2D eigenvalue weighted by Gasteiger charge is -2.34. The van der Waals surface area contributed by atoms with Gasteiger partial charge in [0, 0.05) is 57.2 Å². The SMILES string of the molecule is CN(CCC(=O)N[C@@H]1CCCN(c2ccccn2)C1)Cc1cccnc1. The number of carbonyl (C=O) groups is 1. The van der Waals surface area contributed by atoms with Crippen LogP contribution >= 0.6 is 0 Å². The van der Waals surface area contributed by atoms with Crippen LogP contribution in [0.25, 0.3) is 0 Å². The molecule has 6 heteroatoms. The van der Waals surface area contributed by atoms with Crippen molar-refractivity contribution in [1.29, 1.82) is 0 Å². The zero-order chi connectivity index (χ0) is 18.2. The molecule has 1 fully saturated rings. The van der Waals surface area contributed by atoms with Crippen LogP contribution in [0.1, 0.15) is 24.8 Å². The maximum Gasteiger partial charge on any atom is 0.221 e. The van der Waals surface area contributed by atoms with Crippen molar-refractivity contribution in [2.24, 2.45) is 0 Å². The Balaban J connectivity index is 1.41. The minimum atomic E-state index is 0.121. The van der Waals surface area contributed by atoms with Crippen molar-refractivity contribution in [2.75, 3.05) is 31.6 Å². The summed E-state index contributed by atoms with van der Waals surface area (Å²) in [6.07, 6.45) is 8.07. The molecule has 138 valence electrons. The zero-order valence-corrected chi connectivity index (χ0v) is 15.3. The van der Waals surface area contributed by atoms with Gasteiger partial charge in [-0.25, -0.2) is 4.98 Å². The Bertz CT molecular complexity index is 679. The van der Waals surface area contributed by atoms with Crippen LogP contribution < -0.4 is 10.2 Å². The Morgan fingerprint density at radius 2 is 2.23 bits per heavy atom. The highest BCUT2D eigenvalue weighted by molar-refractivity contribution is 5.76. The van der Waals surface area contributed by atoms with Crippen LogP contribution in [-0.2, 0) is 11.3 Å². The number of hydrogen-bond donors (Lipinski definition) is 1. The molecule has 2 aromatic heterocycles. The number of rotatable bonds is 7. The molecule has 1 N–H and O–H groups in total. The van der Waals surface area contributed by atoms with Gasteiger partial charge in [-0.05, 0) is 43.7 Å². The predicted molar refractivity (Wildman–Crippen MR) is 103 cm³/mol. The van der Waals surface area contributed by atoms with Crippen LogP contribution in [0, 0.1) is 0 Å². The second-order valence-electron chi connectivity index (χ2n) is 6.89. The van der Waals surface area contributed by atoms with E-state index in [2.05, 4.69) is 31.2 Å². The average Bonchev–Trinajstić information content (AvgIpc) is 2.68. The summed E-state index contributed by atoms with van der Waals surface area (Å²) in [5, 5.41) is 3.19. The van der Waals surface area contributed by atoms with Gasteiger partial charge in [0.1, 0.15) is 5.82 Å². The quantitative estimate of drug-likeness (QED) is 0.826. The fraction of sp³-hybridized carbons (Fsp3) is 0.450. The fourth-order valence-corrected chi connectivity index (χ4v) is 3.32. The van der Waals surface area contributed by atoms with E-state index in [1.165, 1.54) is 0 Å². The molecular weight excluding hydrogens is 326 g/mol. The lowest BCUT2D eigenvalue weighted by atomic mass is 10.1. The summed E-state index contributed by atoms with van der Waals surface area (Å²) in [5.41, 5.74) is 1.16. The first-order chi connectivity index (χ1) is 12.7. The van der Waals surface area contributed by atoms with E-state index < -0.39 is 0 Å². The molecule has 1 aliphatic heterocycles. The van der Waals surface area contributed by atoms with Gasteiger partial charge in [-0.3, -0.25) is 9.78 Å². The third-order valence-electron chi connectivity index (χ3n) is 4.66. The first kappa shape index (κ1) is 18.3. The highest BCUT2D eigenvalue weighted by atomic mass is 16.1. The van der Waals surface area contributed by atoms with Gasteiger partial charge in [-0.1, -0.05) is 12.1 Å². The van der Waals surface area contributed by atoms with E-state index in [-0.39, 0.29) is 11.9 Å². The van der Waals surface area contributed by atoms with Gasteiger partial charge in [0.15, 0.2) is 0 Å². The number of piperidine rings is 1. The molecule has 3 heterocycles. The topological polar surface area (TPSA) is 61.4 Å². The van der Waals surface area contributed by atoms with E-state index in [0.29, 0.717) is 6.42 Å². The van der Waals surface area contributed by atoms with Crippen LogP contribution in [0.3, 0.4) is 0 Å². The van der Waals surface area contributed by atoms with E-state index in [1.807, 2.05) is 43.7 Å². The molecular formula is C20H27N5O. The number of hydrogen-bond acceptors (Lipinski definition) is 5. The minimum absolute atomic E-state index is 0.121. The van der Waals surface area contributed by atoms with Gasteiger partial charge in [0.05, 0.1) is 0 Å². The summed E-state index contributed by atoms with van der Waals surface area (Å²) in [6, 6.07) is 10.1. The van der Waals surface area contributed by atoms with Crippen LogP contribution in [0.2, 0.25) is 0 Å². The lowest BCUT2D eigenvalue weighted by Crippen LogP contribution is -2.48. The third kappa shape index (κ3) is 5.52. The Kier molecular flexibility index (Phi) is 6.55. The van der Waals surface area contributed by atoms with Crippen molar-refractivity contribution in [3.8, 4) is 0 Å². The molecule has 0 unspecified atom stereocenters. The van der Waals surface area contributed by atoms with Gasteiger partial charge in [-0.2, -0.15) is 0 Å². The van der Waals surface area contributed by atoms with Crippen molar-refractivity contribution in [2.45, 2.75) is 31.8 Å². The number of pyridine rings is 2. The first-order valence-electron chi connectivity index (χ1n) is 9.23. The highest BCUT2D eigenvalue weighted by Gasteiger charge is 2.22. The van der Waals surface area contributed by atoms with Crippen molar-refractivity contribution in [3.05, 3.63) is 54.5 Å². The monoisotopic (exact) mass is 353 g/mol. The summed E-state index contributed by atoms with van der Waals surface area (Å²) < 4.78 is 0. The maximum absolute atomic E-state index is 12.3. The van der Waals surface area contributed by atoms with E-state index in [9.17, 15) is 4.79 Å². The Labute approximate surface area is 155 Å². The Hall–Kier alpha value is -2.47. The molecule has 6 nitrogen and oxygen atoms in total. The van der Waals surface area contributed by atoms with Crippen molar-refractivity contribution in [1.82, 2.24) is 20.2 Å². The van der Waals surface area contributed by atoms with Crippen LogP contribution in [0.4, 0.5) is 5.82 Å². The van der Waals surface area contributed by atoms with E-state index in [1.54, 1.807) is 6.20 Å². The van der Waals surface area contributed by atoms with Gasteiger partial charge in [0.25, 0.3) is 0 Å². The smallest absolute Gasteiger partial charge is 0.221 e. The first-order valence-corrected chi connectivity index (χ1v) is 9.23. The van der Waals surface area contributed by atoms with Crippen LogP contribution in [0.5, 0.6) is 0 Å². The lowest BCUT2D eigenvalue weighted by molar-refractivity contribution is -0.122. The minimum Gasteiger partial charge on any atom is -0.355 e. The summed E-state index contributed by atoms with van der Waals surface area (Å²) in [7, 11) is 2.03. The number of aromatic nitrogens is 2. The standard InChI is InChI=1S/C20H27N5O/c1-24(15-17-6-4-10-21-14-17)13-9-20(26)23-18-7-5-12-25(16-18)19-8-2-3-11-22-19/h2-4,6,8,10-11,14,18H,5,7,9,12-13,15-16H2,1H3,(H,23,26)/t18-/m1/s1. The molecule has 1 amide bonds. The third-order valence-corrected chi connectivity index (χ3v) is 4.66. The second kappa shape index (κ2) is 9.29. The summed E-state index contributed by atoms with van der Waals surface area (Å²) >= 11 is 0. The summed E-state index contributed by atoms with van der Waals surface area (Å²) in [5.74, 6) is 1.11. The Morgan fingerprint density at radius 1 is 1.31 bits per heavy atom. The molecule has 0 bridgehead atoms. The largest absolute Gasteiger partial charge is 0.355 e. The molecule has 3 rings (SSSR count). The molecule has 0 aromatic carbocycles. The fourth-order valence-electron chi connectivity index (χ4n) is 3.32. The normalized spacial score (nSPS) is 17.3. The van der Waals surface area contributed by atoms with E-state index in [0.717, 1.165) is 50.4 Å². The predicted octanol–water partition coefficient (Wildman–Crippen LogP) is 2.08. The molecule has 0 radical (unpaired) electrons. The van der Waals surface area contributed by atoms with Crippen molar-refractivity contribution >= 4 is 11.7 Å². The van der Waals surface area contributed by atoms with E-state index in [4.69, 9.17) is 0 Å². The maximum atomic E-state index is 12.3. The molecule has 1 aliphatic rings.